The summed E-state index contributed by atoms with van der Waals surface area (Å²) in [5.74, 6) is 0. The van der Waals surface area contributed by atoms with E-state index >= 15 is 0 Å². The largest absolute Gasteiger partial charge is 0.372 e. The van der Waals surface area contributed by atoms with Gasteiger partial charge in [0.05, 0.1) is 25.5 Å². The topological polar surface area (TPSA) is 39.9 Å². The van der Waals surface area contributed by atoms with Gasteiger partial charge in [0.2, 0.25) is 0 Å². The van der Waals surface area contributed by atoms with E-state index in [0.717, 1.165) is 5.69 Å². The fourth-order valence-corrected chi connectivity index (χ4v) is 0.853. The minimum atomic E-state index is -0.423. The molecule has 13 heavy (non-hydrogen) atoms. The molecule has 5 heteroatoms. The van der Waals surface area contributed by atoms with E-state index in [0.29, 0.717) is 6.61 Å². The molecule has 1 aromatic heterocycles. The van der Waals surface area contributed by atoms with E-state index in [-0.39, 0.29) is 12.6 Å². The Bertz CT molecular complexity index is 249. The zero-order valence-electron chi connectivity index (χ0n) is 7.90. The molecule has 0 spiro atoms. The molecule has 0 aliphatic carbocycles. The number of nitrogens with zero attached hydrogens (tertiary/aromatic N) is 3. The van der Waals surface area contributed by atoms with E-state index in [1.54, 1.807) is 6.20 Å². The third-order valence-electron chi connectivity index (χ3n) is 1.46. The van der Waals surface area contributed by atoms with E-state index in [9.17, 15) is 4.39 Å². The molecule has 0 radical (unpaired) electrons. The Hall–Kier alpha value is -0.970. The Morgan fingerprint density at radius 3 is 3.00 bits per heavy atom. The highest BCUT2D eigenvalue weighted by Crippen LogP contribution is 1.98. The van der Waals surface area contributed by atoms with E-state index in [1.807, 2.05) is 13.8 Å². The molecule has 0 unspecified atom stereocenters. The monoisotopic (exact) mass is 187 g/mol. The molecule has 0 aliphatic heterocycles. The van der Waals surface area contributed by atoms with Gasteiger partial charge in [-0.25, -0.2) is 9.07 Å². The number of ether oxygens (including phenoxy) is 1. The van der Waals surface area contributed by atoms with E-state index in [2.05, 4.69) is 10.3 Å². The van der Waals surface area contributed by atoms with Gasteiger partial charge in [0.1, 0.15) is 12.4 Å². The molecule has 1 rings (SSSR count). The molecule has 0 aliphatic rings. The first kappa shape index (κ1) is 10.1. The van der Waals surface area contributed by atoms with Crippen molar-refractivity contribution in [3.8, 4) is 0 Å². The van der Waals surface area contributed by atoms with Crippen LogP contribution < -0.4 is 0 Å². The molecule has 0 saturated heterocycles. The molecular weight excluding hydrogens is 173 g/mol. The molecule has 0 amide bonds. The lowest BCUT2D eigenvalue weighted by Gasteiger charge is -2.03. The van der Waals surface area contributed by atoms with E-state index in [1.165, 1.54) is 4.68 Å². The van der Waals surface area contributed by atoms with Gasteiger partial charge in [-0.15, -0.1) is 5.10 Å². The summed E-state index contributed by atoms with van der Waals surface area (Å²) in [6.07, 6.45) is 1.87. The van der Waals surface area contributed by atoms with Gasteiger partial charge < -0.3 is 4.74 Å². The second kappa shape index (κ2) is 4.91. The first-order chi connectivity index (χ1) is 6.22. The van der Waals surface area contributed by atoms with Crippen molar-refractivity contribution in [3.63, 3.8) is 0 Å². The highest BCUT2D eigenvalue weighted by atomic mass is 19.1. The van der Waals surface area contributed by atoms with E-state index < -0.39 is 6.67 Å². The maximum Gasteiger partial charge on any atom is 0.109 e. The number of rotatable bonds is 5. The molecule has 0 aromatic carbocycles. The fourth-order valence-electron chi connectivity index (χ4n) is 0.853. The first-order valence-electron chi connectivity index (χ1n) is 4.29. The molecular formula is C8H14FN3O. The summed E-state index contributed by atoms with van der Waals surface area (Å²) < 4.78 is 18.7. The lowest BCUT2D eigenvalue weighted by Crippen LogP contribution is -2.02. The maximum atomic E-state index is 11.9. The average Bonchev–Trinajstić information content (AvgIpc) is 2.50. The number of hydrogen-bond acceptors (Lipinski definition) is 3. The minimum absolute atomic E-state index is 0.173. The summed E-state index contributed by atoms with van der Waals surface area (Å²) in [5, 5.41) is 7.56. The van der Waals surface area contributed by atoms with Gasteiger partial charge in [-0.3, -0.25) is 0 Å². The molecule has 0 fully saturated rings. The van der Waals surface area contributed by atoms with Crippen LogP contribution in [-0.4, -0.2) is 27.8 Å². The predicted octanol–water partition coefficient (Wildman–Crippen LogP) is 1.17. The lowest BCUT2D eigenvalue weighted by atomic mass is 10.4. The number of alkyl halides is 1. The van der Waals surface area contributed by atoms with Crippen LogP contribution >= 0.6 is 0 Å². The molecule has 0 atom stereocenters. The van der Waals surface area contributed by atoms with Gasteiger partial charge in [-0.05, 0) is 13.8 Å². The summed E-state index contributed by atoms with van der Waals surface area (Å²) in [6.45, 7) is 4.17. The highest BCUT2D eigenvalue weighted by molar-refractivity contribution is 4.89. The normalized spacial score (nSPS) is 11.1. The Kier molecular flexibility index (Phi) is 3.82. The van der Waals surface area contributed by atoms with Gasteiger partial charge >= 0.3 is 0 Å². The smallest absolute Gasteiger partial charge is 0.109 e. The number of halogens is 1. The van der Waals surface area contributed by atoms with Gasteiger partial charge in [0.25, 0.3) is 0 Å². The summed E-state index contributed by atoms with van der Waals surface area (Å²) in [4.78, 5) is 0. The Labute approximate surface area is 76.7 Å². The molecule has 1 heterocycles. The van der Waals surface area contributed by atoms with Crippen LogP contribution in [-0.2, 0) is 17.9 Å². The van der Waals surface area contributed by atoms with Crippen LogP contribution in [0.3, 0.4) is 0 Å². The van der Waals surface area contributed by atoms with Crippen molar-refractivity contribution < 1.29 is 9.13 Å². The molecule has 4 nitrogen and oxygen atoms in total. The second-order valence-corrected chi connectivity index (χ2v) is 3.02. The van der Waals surface area contributed by atoms with Crippen LogP contribution in [0.4, 0.5) is 4.39 Å². The quantitative estimate of drug-likeness (QED) is 0.694. The molecule has 0 bridgehead atoms. The molecule has 1 aromatic rings. The standard InChI is InChI=1S/C8H14FN3O/c1-7(2)13-6-8-5-12(4-3-9)11-10-8/h5,7H,3-4,6H2,1-2H3. The third-order valence-corrected chi connectivity index (χ3v) is 1.46. The van der Waals surface area contributed by atoms with Crippen LogP contribution in [0.1, 0.15) is 19.5 Å². The van der Waals surface area contributed by atoms with Crippen molar-refractivity contribution in [2.24, 2.45) is 0 Å². The lowest BCUT2D eigenvalue weighted by molar-refractivity contribution is 0.0635. The maximum absolute atomic E-state index is 11.9. The summed E-state index contributed by atoms with van der Waals surface area (Å²) in [5.41, 5.74) is 0.738. The fraction of sp³-hybridized carbons (Fsp3) is 0.750. The van der Waals surface area contributed by atoms with Crippen molar-refractivity contribution in [3.05, 3.63) is 11.9 Å². The van der Waals surface area contributed by atoms with Gasteiger partial charge in [0.15, 0.2) is 0 Å². The minimum Gasteiger partial charge on any atom is -0.372 e. The van der Waals surface area contributed by atoms with Crippen LogP contribution in [0, 0.1) is 0 Å². The zero-order chi connectivity index (χ0) is 9.68. The molecule has 74 valence electrons. The van der Waals surface area contributed by atoms with Crippen LogP contribution in [0.15, 0.2) is 6.20 Å². The summed E-state index contributed by atoms with van der Waals surface area (Å²) in [7, 11) is 0. The van der Waals surface area contributed by atoms with E-state index in [4.69, 9.17) is 4.74 Å². The van der Waals surface area contributed by atoms with Gasteiger partial charge in [0, 0.05) is 0 Å². The van der Waals surface area contributed by atoms with Gasteiger partial charge in [-0.1, -0.05) is 5.21 Å². The number of hydrogen-bond donors (Lipinski definition) is 0. The Morgan fingerprint density at radius 1 is 1.62 bits per heavy atom. The van der Waals surface area contributed by atoms with Crippen molar-refractivity contribution in [1.29, 1.82) is 0 Å². The van der Waals surface area contributed by atoms with Gasteiger partial charge in [-0.2, -0.15) is 0 Å². The molecule has 0 saturated carbocycles. The van der Waals surface area contributed by atoms with Crippen molar-refractivity contribution in [2.75, 3.05) is 6.67 Å². The number of aryl methyl sites for hydroxylation is 1. The first-order valence-corrected chi connectivity index (χ1v) is 4.29. The summed E-state index contributed by atoms with van der Waals surface area (Å²) >= 11 is 0. The van der Waals surface area contributed by atoms with Crippen molar-refractivity contribution in [1.82, 2.24) is 15.0 Å². The Balaban J connectivity index is 2.39. The van der Waals surface area contributed by atoms with Crippen LogP contribution in [0.5, 0.6) is 0 Å². The molecule has 0 N–H and O–H groups in total. The van der Waals surface area contributed by atoms with Crippen molar-refractivity contribution in [2.45, 2.75) is 33.1 Å². The number of aromatic nitrogens is 3. The Morgan fingerprint density at radius 2 is 2.38 bits per heavy atom. The zero-order valence-corrected chi connectivity index (χ0v) is 7.90. The van der Waals surface area contributed by atoms with Crippen molar-refractivity contribution >= 4 is 0 Å². The average molecular weight is 187 g/mol. The summed E-state index contributed by atoms with van der Waals surface area (Å²) in [6, 6.07) is 0. The van der Waals surface area contributed by atoms with Crippen LogP contribution in [0.2, 0.25) is 0 Å². The highest BCUT2D eigenvalue weighted by Gasteiger charge is 2.01. The predicted molar refractivity (Wildman–Crippen MR) is 45.9 cm³/mol. The SMILES string of the molecule is CC(C)OCc1cn(CCF)nn1. The third kappa shape index (κ3) is 3.50. The van der Waals surface area contributed by atoms with Crippen LogP contribution in [0.25, 0.3) is 0 Å². The second-order valence-electron chi connectivity index (χ2n) is 3.02.